The molecular weight excluding hydrogens is 859 g/mol. The molecule has 11 rings (SSSR count). The van der Waals surface area contributed by atoms with Crippen LogP contribution in [0.15, 0.2) is 81.4 Å². The van der Waals surface area contributed by atoms with Gasteiger partial charge in [0.2, 0.25) is 0 Å². The van der Waals surface area contributed by atoms with Crippen molar-refractivity contribution in [3.8, 4) is 11.8 Å². The number of aliphatic carboxylic acids is 1. The van der Waals surface area contributed by atoms with Crippen molar-refractivity contribution in [3.05, 3.63) is 87.6 Å². The number of carboxylic acids is 1. The fourth-order valence-electron chi connectivity index (χ4n) is 18.3. The minimum atomic E-state index is -2.30. The summed E-state index contributed by atoms with van der Waals surface area (Å²) in [6.45, 7) is 5.34. The molecule has 0 amide bonds. The lowest BCUT2D eigenvalue weighted by atomic mass is 9.31. The topological polar surface area (TPSA) is 237 Å². The molecule has 4 fully saturated rings. The number of nitrogens with two attached hydrogens (primary N) is 2. The van der Waals surface area contributed by atoms with Crippen LogP contribution in [0.4, 0.5) is 0 Å². The zero-order valence-corrected chi connectivity index (χ0v) is 39.6. The van der Waals surface area contributed by atoms with Crippen molar-refractivity contribution in [1.82, 2.24) is 0 Å². The number of nitrogens with zero attached hydrogens (tertiary/aromatic N) is 1. The molecule has 10 aliphatic carbocycles. The summed E-state index contributed by atoms with van der Waals surface area (Å²) in [4.78, 5) is 49.0. The Labute approximate surface area is 398 Å². The number of hydrogen-bond acceptors (Lipinski definition) is 9. The third-order valence-electron chi connectivity index (χ3n) is 20.7. The van der Waals surface area contributed by atoms with Crippen LogP contribution < -0.4 is 11.5 Å². The highest BCUT2D eigenvalue weighted by atomic mass is 16.4. The first-order valence-corrected chi connectivity index (χ1v) is 25.2. The van der Waals surface area contributed by atoms with Gasteiger partial charge in [0.1, 0.15) is 28.6 Å². The lowest BCUT2D eigenvalue weighted by Crippen LogP contribution is -2.74. The van der Waals surface area contributed by atoms with Gasteiger partial charge >= 0.3 is 5.97 Å². The Kier molecular flexibility index (Phi) is 9.90. The Bertz CT molecular complexity index is 2720. The second kappa shape index (κ2) is 14.7. The number of carboxylic acid groups (broad SMARTS) is 1. The van der Waals surface area contributed by atoms with Gasteiger partial charge in [0.15, 0.2) is 11.7 Å². The van der Waals surface area contributed by atoms with E-state index in [2.05, 4.69) is 30.0 Å². The predicted octanol–water partition coefficient (Wildman–Crippen LogP) is 5.69. The zero-order chi connectivity index (χ0) is 48.2. The van der Waals surface area contributed by atoms with E-state index in [0.717, 1.165) is 30.4 Å². The molecule has 1 aromatic carbocycles. The summed E-state index contributed by atoms with van der Waals surface area (Å²) in [6.07, 6.45) is 12.7. The second-order valence-corrected chi connectivity index (χ2v) is 23.2. The van der Waals surface area contributed by atoms with Crippen LogP contribution in [-0.2, 0) is 20.8 Å². The minimum Gasteiger partial charge on any atom is -0.478 e. The quantitative estimate of drug-likeness (QED) is 0.0587. The lowest BCUT2D eigenvalue weighted by molar-refractivity contribution is -0.207. The highest BCUT2D eigenvalue weighted by Gasteiger charge is 2.86. The summed E-state index contributed by atoms with van der Waals surface area (Å²) in [5.41, 5.74) is 3.52. The number of allylic oxidation sites excluding steroid dienone is 2. The van der Waals surface area contributed by atoms with Gasteiger partial charge < -0.3 is 42.1 Å². The van der Waals surface area contributed by atoms with Gasteiger partial charge in [-0.1, -0.05) is 87.3 Å². The van der Waals surface area contributed by atoms with Gasteiger partial charge in [-0.3, -0.25) is 9.59 Å². The van der Waals surface area contributed by atoms with E-state index in [9.17, 15) is 40.2 Å². The molecule has 6 bridgehead atoms. The highest BCUT2D eigenvalue weighted by molar-refractivity contribution is 6.02. The minimum absolute atomic E-state index is 0.000540. The van der Waals surface area contributed by atoms with Gasteiger partial charge in [-0.05, 0) is 104 Å². The molecule has 12 heteroatoms. The summed E-state index contributed by atoms with van der Waals surface area (Å²) < 4.78 is 0. The maximum atomic E-state index is 16.4. The average Bonchev–Trinajstić information content (AvgIpc) is 3.46. The summed E-state index contributed by atoms with van der Waals surface area (Å²) in [6, 6.07) is 8.29. The normalized spacial score (nSPS) is 46.2. The van der Waals surface area contributed by atoms with Crippen LogP contribution in [0.2, 0.25) is 0 Å². The van der Waals surface area contributed by atoms with Crippen molar-refractivity contribution in [2.24, 2.45) is 61.3 Å². The lowest BCUT2D eigenvalue weighted by Gasteiger charge is -2.72. The van der Waals surface area contributed by atoms with Crippen LogP contribution in [0.3, 0.4) is 0 Å². The number of benzene rings is 1. The monoisotopic (exact) mass is 925 g/mol. The third-order valence-corrected chi connectivity index (χ3v) is 20.7. The molecule has 10 N–H and O–H groups in total. The summed E-state index contributed by atoms with van der Waals surface area (Å²) in [7, 11) is 0. The first kappa shape index (κ1) is 45.8. The Balaban J connectivity index is 1.24. The van der Waals surface area contributed by atoms with Crippen LogP contribution in [0.25, 0.3) is 6.08 Å². The van der Waals surface area contributed by atoms with E-state index in [1.807, 2.05) is 32.1 Å². The number of aliphatic imine (C=N–C) groups is 1. The molecule has 0 aliphatic heterocycles. The number of carbonyl (C=O) groups is 3. The van der Waals surface area contributed by atoms with Crippen molar-refractivity contribution < 1.29 is 45.0 Å². The number of aryl methyl sites for hydroxylation is 1. The third kappa shape index (κ3) is 5.30. The molecule has 0 saturated heterocycles. The number of aliphatic hydroxyl groups excluding tert-OH is 2. The highest BCUT2D eigenvalue weighted by Crippen LogP contribution is 2.86. The van der Waals surface area contributed by atoms with Gasteiger partial charge in [-0.2, -0.15) is 0 Å². The summed E-state index contributed by atoms with van der Waals surface area (Å²) in [5, 5.41) is 76.8. The molecule has 68 heavy (non-hydrogen) atoms. The van der Waals surface area contributed by atoms with Gasteiger partial charge in [-0.15, -0.1) is 11.8 Å². The average molecular weight is 926 g/mol. The molecule has 4 saturated carbocycles. The number of Topliss-reactive ketones (excluding diaryl/α,β-unsaturated/α-hetero) is 2. The Morgan fingerprint density at radius 2 is 1.69 bits per heavy atom. The predicted molar refractivity (Wildman–Crippen MR) is 255 cm³/mol. The van der Waals surface area contributed by atoms with Crippen molar-refractivity contribution in [2.45, 2.75) is 164 Å². The first-order chi connectivity index (χ1) is 32.2. The molecule has 1 aromatic rings. The molecule has 0 unspecified atom stereocenters. The van der Waals surface area contributed by atoms with Gasteiger partial charge in [0.25, 0.3) is 0 Å². The molecule has 0 heterocycles. The van der Waals surface area contributed by atoms with Crippen LogP contribution in [0.1, 0.15) is 135 Å². The van der Waals surface area contributed by atoms with Crippen molar-refractivity contribution >= 4 is 29.6 Å². The Morgan fingerprint density at radius 3 is 2.44 bits per heavy atom. The Hall–Kier alpha value is -4.64. The number of rotatable bonds is 5. The number of aliphatic hydroxyl groups is 5. The summed E-state index contributed by atoms with van der Waals surface area (Å²) >= 11 is 0. The van der Waals surface area contributed by atoms with Crippen LogP contribution >= 0.6 is 0 Å². The van der Waals surface area contributed by atoms with E-state index in [1.165, 1.54) is 12.5 Å². The molecule has 14 atom stereocenters. The Morgan fingerprint density at radius 1 is 0.926 bits per heavy atom. The molecule has 360 valence electrons. The van der Waals surface area contributed by atoms with E-state index < -0.39 is 85.3 Å². The fourth-order valence-corrected chi connectivity index (χ4v) is 18.3. The van der Waals surface area contributed by atoms with Crippen LogP contribution in [0, 0.1) is 56.7 Å². The van der Waals surface area contributed by atoms with Gasteiger partial charge in [0.05, 0.1) is 11.7 Å². The SMILES string of the molecule is C[C@H](O)C/C(C(=O)O)=C1/CC[C@]2(N=C(N)N)C=C[C@@]3(C[C@@]4(O)C=C[C@]5(O)C6=C7C(=O)C[C@]38CCCCC[C@@]73CCC(=O)[C@@](C)(CC#CCC[C@]684)[C@H]3[C@H]5C3=Cc4ccccc4CC3)[C@H](C)[C@]2(O)[C@@H]1O. The second-order valence-electron chi connectivity index (χ2n) is 23.2. The first-order valence-electron chi connectivity index (χ1n) is 25.2. The van der Waals surface area contributed by atoms with Crippen molar-refractivity contribution in [2.75, 3.05) is 0 Å². The van der Waals surface area contributed by atoms with Crippen molar-refractivity contribution in [1.29, 1.82) is 0 Å². The molecule has 0 radical (unpaired) electrons. The molecule has 12 nitrogen and oxygen atoms in total. The molecule has 10 aliphatic rings. The number of carbonyl (C=O) groups excluding carboxylic acids is 2. The molecule has 4 spiro atoms. The van der Waals surface area contributed by atoms with Crippen LogP contribution in [-0.4, -0.2) is 88.7 Å². The van der Waals surface area contributed by atoms with E-state index >= 15 is 4.79 Å². The molecular formula is C56H67N3O9. The number of guanidine groups is 1. The van der Waals surface area contributed by atoms with Crippen LogP contribution in [0.5, 0.6) is 0 Å². The van der Waals surface area contributed by atoms with E-state index in [1.54, 1.807) is 18.2 Å². The largest absolute Gasteiger partial charge is 0.478 e. The number of ketones is 2. The zero-order valence-electron chi connectivity index (χ0n) is 39.6. The van der Waals surface area contributed by atoms with E-state index in [0.29, 0.717) is 49.7 Å². The number of fused-ring (bicyclic) bond motifs is 3. The summed E-state index contributed by atoms with van der Waals surface area (Å²) in [5.74, 6) is 3.14. The van der Waals surface area contributed by atoms with Gasteiger partial charge in [0, 0.05) is 76.7 Å². The molecule has 0 aromatic heterocycles. The smallest absolute Gasteiger partial charge is 0.331 e. The van der Waals surface area contributed by atoms with E-state index in [-0.39, 0.29) is 80.0 Å². The van der Waals surface area contributed by atoms with E-state index in [4.69, 9.17) is 16.5 Å². The maximum absolute atomic E-state index is 16.4. The number of hydrogen-bond donors (Lipinski definition) is 8. The maximum Gasteiger partial charge on any atom is 0.331 e. The standard InChI is InChI=1S/C56H67N3O9/c1-32(60)28-38(46(64)65)37-16-23-52(59-47(57)58)25-24-50(33(2)56(52,68)45(37)63)31-53(66)26-27-54(67)41(36-15-14-34-12-6-7-13-35(34)29-36)43-48(3)18-8-4-11-21-55(53)44(54)42-39(61)30-51(50,55)20-10-5-9-19-49(42,43)22-17-40(48)62/h6-7,12-13,24-27,29,32-33,41,43,45,60,63,66-68H,5,9-11,14-23,28,30-31H2,1-3H3,(H,64,65)(H4,57,58,59)/b38-37+/t32-,33-,41+,43+,45+,48+,49+,50+,51+,52-,53-,54+,55-,56-/m0/s1. The van der Waals surface area contributed by atoms with Gasteiger partial charge in [-0.25, -0.2) is 9.79 Å². The van der Waals surface area contributed by atoms with Crippen molar-refractivity contribution in [3.63, 3.8) is 0 Å². The fraction of sp³-hybridized carbons (Fsp3) is 0.607.